The van der Waals surface area contributed by atoms with E-state index >= 15 is 0 Å². The SMILES string of the molecule is O=C1/C(=C\c2ccc(-c3ccc([N+](=O)[O-])cc3Cl)o2)SC(=Nc2ccccc2)N1c1ccccc1. The maximum absolute atomic E-state index is 13.4. The van der Waals surface area contributed by atoms with Crippen LogP contribution >= 0.6 is 23.4 Å². The first kappa shape index (κ1) is 22.6. The predicted molar refractivity (Wildman–Crippen MR) is 139 cm³/mol. The summed E-state index contributed by atoms with van der Waals surface area (Å²) >= 11 is 7.48. The molecule has 0 spiro atoms. The quantitative estimate of drug-likeness (QED) is 0.162. The Hall–Kier alpha value is -4.14. The highest BCUT2D eigenvalue weighted by atomic mass is 35.5. The molecule has 2 heterocycles. The molecule has 4 aromatic rings. The summed E-state index contributed by atoms with van der Waals surface area (Å²) in [5.41, 5.74) is 1.86. The molecule has 0 aliphatic carbocycles. The Morgan fingerprint density at radius 1 is 0.971 bits per heavy atom. The summed E-state index contributed by atoms with van der Waals surface area (Å²) in [6.07, 6.45) is 1.65. The number of thioether (sulfide) groups is 1. The van der Waals surface area contributed by atoms with Gasteiger partial charge in [0.05, 0.1) is 26.2 Å². The molecule has 9 heteroatoms. The van der Waals surface area contributed by atoms with Crippen molar-refractivity contribution in [3.63, 3.8) is 0 Å². The van der Waals surface area contributed by atoms with Gasteiger partial charge in [0.25, 0.3) is 11.6 Å². The van der Waals surface area contributed by atoms with Crippen LogP contribution in [0.2, 0.25) is 5.02 Å². The fourth-order valence-electron chi connectivity index (χ4n) is 3.49. The minimum Gasteiger partial charge on any atom is -0.457 e. The number of aliphatic imine (C=N–C) groups is 1. The lowest BCUT2D eigenvalue weighted by Gasteiger charge is -2.15. The van der Waals surface area contributed by atoms with E-state index in [-0.39, 0.29) is 16.6 Å². The minimum atomic E-state index is -0.510. The molecule has 1 amide bonds. The van der Waals surface area contributed by atoms with Gasteiger partial charge in [-0.2, -0.15) is 0 Å². The number of carbonyl (C=O) groups excluding carboxylic acids is 1. The van der Waals surface area contributed by atoms with Gasteiger partial charge in [-0.3, -0.25) is 19.8 Å². The number of non-ortho nitro benzene ring substituents is 1. The zero-order valence-electron chi connectivity index (χ0n) is 18.0. The van der Waals surface area contributed by atoms with Crippen molar-refractivity contribution < 1.29 is 14.1 Å². The molecule has 1 saturated heterocycles. The first-order chi connectivity index (χ1) is 17.0. The number of carbonyl (C=O) groups is 1. The number of hydrogen-bond acceptors (Lipinski definition) is 6. The van der Waals surface area contributed by atoms with Crippen molar-refractivity contribution in [2.45, 2.75) is 0 Å². The fraction of sp³-hybridized carbons (Fsp3) is 0. The third-order valence-electron chi connectivity index (χ3n) is 5.13. The molecule has 0 atom stereocenters. The number of nitro benzene ring substituents is 1. The van der Waals surface area contributed by atoms with E-state index in [1.165, 1.54) is 30.0 Å². The molecule has 1 aliphatic heterocycles. The zero-order valence-corrected chi connectivity index (χ0v) is 19.6. The summed E-state index contributed by atoms with van der Waals surface area (Å²) < 4.78 is 5.90. The number of anilines is 1. The molecule has 0 bridgehead atoms. The van der Waals surface area contributed by atoms with Crippen LogP contribution in [0.3, 0.4) is 0 Å². The molecule has 3 aromatic carbocycles. The van der Waals surface area contributed by atoms with Gasteiger partial charge in [0.1, 0.15) is 11.5 Å². The van der Waals surface area contributed by atoms with Gasteiger partial charge < -0.3 is 4.42 Å². The Bertz CT molecular complexity index is 1480. The van der Waals surface area contributed by atoms with E-state index in [1.807, 2.05) is 60.7 Å². The molecular weight excluding hydrogens is 486 g/mol. The lowest BCUT2D eigenvalue weighted by atomic mass is 10.1. The smallest absolute Gasteiger partial charge is 0.271 e. The van der Waals surface area contributed by atoms with Crippen LogP contribution in [-0.2, 0) is 4.79 Å². The van der Waals surface area contributed by atoms with Crippen molar-refractivity contribution in [3.8, 4) is 11.3 Å². The fourth-order valence-corrected chi connectivity index (χ4v) is 4.74. The van der Waals surface area contributed by atoms with Crippen molar-refractivity contribution >= 4 is 57.6 Å². The van der Waals surface area contributed by atoms with Gasteiger partial charge >= 0.3 is 0 Å². The van der Waals surface area contributed by atoms with E-state index < -0.39 is 4.92 Å². The van der Waals surface area contributed by atoms with Crippen LogP contribution < -0.4 is 4.90 Å². The molecule has 172 valence electrons. The van der Waals surface area contributed by atoms with Crippen LogP contribution in [-0.4, -0.2) is 16.0 Å². The van der Waals surface area contributed by atoms with Crippen molar-refractivity contribution in [1.82, 2.24) is 0 Å². The molecule has 0 saturated carbocycles. The van der Waals surface area contributed by atoms with Crippen LogP contribution in [0.1, 0.15) is 5.76 Å². The Morgan fingerprint density at radius 3 is 2.37 bits per heavy atom. The second-order valence-electron chi connectivity index (χ2n) is 7.44. The number of para-hydroxylation sites is 2. The Labute approximate surface area is 209 Å². The number of amides is 1. The molecule has 0 N–H and O–H groups in total. The highest BCUT2D eigenvalue weighted by Crippen LogP contribution is 2.38. The van der Waals surface area contributed by atoms with Crippen LogP contribution in [0, 0.1) is 10.1 Å². The van der Waals surface area contributed by atoms with Gasteiger partial charge in [-0.1, -0.05) is 48.0 Å². The lowest BCUT2D eigenvalue weighted by molar-refractivity contribution is -0.384. The van der Waals surface area contributed by atoms with Crippen LogP contribution in [0.25, 0.3) is 17.4 Å². The van der Waals surface area contributed by atoms with Gasteiger partial charge in [-0.25, -0.2) is 4.99 Å². The average Bonchev–Trinajstić information content (AvgIpc) is 3.44. The van der Waals surface area contributed by atoms with E-state index in [0.717, 1.165) is 5.69 Å². The Balaban J connectivity index is 1.49. The predicted octanol–water partition coefficient (Wildman–Crippen LogP) is 7.32. The molecule has 1 aliphatic rings. The molecule has 1 aromatic heterocycles. The Morgan fingerprint density at radius 2 is 1.69 bits per heavy atom. The average molecular weight is 502 g/mol. The number of furan rings is 1. The molecular formula is C26H16ClN3O4S. The highest BCUT2D eigenvalue weighted by molar-refractivity contribution is 8.19. The molecule has 7 nitrogen and oxygen atoms in total. The first-order valence-corrected chi connectivity index (χ1v) is 11.7. The third-order valence-corrected chi connectivity index (χ3v) is 6.41. The molecule has 0 unspecified atom stereocenters. The number of hydrogen-bond donors (Lipinski definition) is 0. The number of amidine groups is 1. The number of nitrogens with zero attached hydrogens (tertiary/aromatic N) is 3. The van der Waals surface area contributed by atoms with Gasteiger partial charge in [0.2, 0.25) is 0 Å². The summed E-state index contributed by atoms with van der Waals surface area (Å²) in [6, 6.07) is 26.3. The van der Waals surface area contributed by atoms with Gasteiger partial charge in [0, 0.05) is 23.8 Å². The Kier molecular flexibility index (Phi) is 6.22. The lowest BCUT2D eigenvalue weighted by Crippen LogP contribution is -2.28. The largest absolute Gasteiger partial charge is 0.457 e. The number of halogens is 1. The zero-order chi connectivity index (χ0) is 24.4. The van der Waals surface area contributed by atoms with Crippen LogP contribution in [0.4, 0.5) is 17.1 Å². The number of nitro groups is 1. The summed E-state index contributed by atoms with van der Waals surface area (Å²) in [5, 5.41) is 11.7. The van der Waals surface area contributed by atoms with Crippen molar-refractivity contribution in [3.05, 3.63) is 117 Å². The minimum absolute atomic E-state index is 0.105. The van der Waals surface area contributed by atoms with Crippen molar-refractivity contribution in [2.24, 2.45) is 4.99 Å². The molecule has 5 rings (SSSR count). The summed E-state index contributed by atoms with van der Waals surface area (Å²) in [5.74, 6) is 0.659. The first-order valence-electron chi connectivity index (χ1n) is 10.5. The normalized spacial score (nSPS) is 15.8. The molecule has 1 fully saturated rings. The van der Waals surface area contributed by atoms with Crippen molar-refractivity contribution in [1.29, 1.82) is 0 Å². The standard InChI is InChI=1S/C26H16ClN3O4S/c27-22-15-19(30(32)33)11-13-21(22)23-14-12-20(34-23)16-24-25(31)29(18-9-5-2-6-10-18)26(35-24)28-17-7-3-1-4-8-17/h1-16H/b24-16+,28-26?. The van der Waals surface area contributed by atoms with Gasteiger partial charge in [0.15, 0.2) is 5.17 Å². The van der Waals surface area contributed by atoms with Crippen molar-refractivity contribution in [2.75, 3.05) is 4.90 Å². The maximum Gasteiger partial charge on any atom is 0.271 e. The van der Waals surface area contributed by atoms with E-state index in [4.69, 9.17) is 16.0 Å². The maximum atomic E-state index is 13.4. The van der Waals surface area contributed by atoms with E-state index in [2.05, 4.69) is 4.99 Å². The molecule has 0 radical (unpaired) electrons. The van der Waals surface area contributed by atoms with Gasteiger partial charge in [-0.15, -0.1) is 0 Å². The second kappa shape index (κ2) is 9.61. The summed E-state index contributed by atoms with van der Waals surface area (Å²) in [4.78, 5) is 30.5. The van der Waals surface area contributed by atoms with Crippen LogP contribution in [0.5, 0.6) is 0 Å². The summed E-state index contributed by atoms with van der Waals surface area (Å²) in [6.45, 7) is 0. The topological polar surface area (TPSA) is 88.9 Å². The van der Waals surface area contributed by atoms with E-state index in [0.29, 0.717) is 32.8 Å². The number of benzene rings is 3. The second-order valence-corrected chi connectivity index (χ2v) is 8.86. The molecule has 35 heavy (non-hydrogen) atoms. The van der Waals surface area contributed by atoms with E-state index in [9.17, 15) is 14.9 Å². The van der Waals surface area contributed by atoms with E-state index in [1.54, 1.807) is 23.1 Å². The highest BCUT2D eigenvalue weighted by Gasteiger charge is 2.35. The van der Waals surface area contributed by atoms with Gasteiger partial charge in [-0.05, 0) is 54.2 Å². The van der Waals surface area contributed by atoms with Crippen LogP contribution in [0.15, 0.2) is 105 Å². The monoisotopic (exact) mass is 501 g/mol. The third kappa shape index (κ3) is 4.75. The number of rotatable bonds is 5. The summed E-state index contributed by atoms with van der Waals surface area (Å²) in [7, 11) is 0.